The molecule has 2 rings (SSSR count). The maximum absolute atomic E-state index is 12.8. The molecule has 0 fully saturated rings. The van der Waals surface area contributed by atoms with Crippen LogP contribution in [-0.4, -0.2) is 12.0 Å². The summed E-state index contributed by atoms with van der Waals surface area (Å²) in [5, 5.41) is 3.34. The second-order valence-corrected chi connectivity index (χ2v) is 5.25. The Morgan fingerprint density at radius 2 is 2.00 bits per heavy atom. The fourth-order valence-corrected chi connectivity index (χ4v) is 2.11. The van der Waals surface area contributed by atoms with Gasteiger partial charge in [-0.1, -0.05) is 36.7 Å². The van der Waals surface area contributed by atoms with E-state index in [0.29, 0.717) is 23.7 Å². The fourth-order valence-electron chi connectivity index (χ4n) is 1.93. The average Bonchev–Trinajstić information content (AvgIpc) is 2.52. The number of nitrogens with one attached hydrogen (secondary N) is 1. The SMILES string of the molecule is CC[C@@H](Oc1cccc(Cl)c1)C(=O)NCc1ccc(F)cc1. The van der Waals surface area contributed by atoms with Crippen molar-refractivity contribution in [3.8, 4) is 5.75 Å². The number of rotatable bonds is 6. The highest BCUT2D eigenvalue weighted by molar-refractivity contribution is 6.30. The number of hydrogen-bond acceptors (Lipinski definition) is 2. The van der Waals surface area contributed by atoms with Crippen LogP contribution in [0, 0.1) is 5.82 Å². The van der Waals surface area contributed by atoms with Gasteiger partial charge >= 0.3 is 0 Å². The van der Waals surface area contributed by atoms with E-state index in [0.717, 1.165) is 5.56 Å². The maximum Gasteiger partial charge on any atom is 0.261 e. The molecular formula is C17H17ClFNO2. The minimum Gasteiger partial charge on any atom is -0.481 e. The lowest BCUT2D eigenvalue weighted by Gasteiger charge is -2.17. The van der Waals surface area contributed by atoms with Crippen molar-refractivity contribution in [1.82, 2.24) is 5.32 Å². The largest absolute Gasteiger partial charge is 0.481 e. The van der Waals surface area contributed by atoms with Gasteiger partial charge < -0.3 is 10.1 Å². The monoisotopic (exact) mass is 321 g/mol. The molecule has 0 bridgehead atoms. The van der Waals surface area contributed by atoms with Crippen LogP contribution in [0.1, 0.15) is 18.9 Å². The predicted molar refractivity (Wildman–Crippen MR) is 84.4 cm³/mol. The van der Waals surface area contributed by atoms with Crippen molar-refractivity contribution in [2.24, 2.45) is 0 Å². The molecule has 2 aromatic carbocycles. The highest BCUT2D eigenvalue weighted by Gasteiger charge is 2.18. The minimum atomic E-state index is -0.598. The van der Waals surface area contributed by atoms with Crippen LogP contribution < -0.4 is 10.1 Å². The van der Waals surface area contributed by atoms with E-state index in [1.54, 1.807) is 36.4 Å². The quantitative estimate of drug-likeness (QED) is 0.874. The predicted octanol–water partition coefficient (Wildman–Crippen LogP) is 3.95. The van der Waals surface area contributed by atoms with Gasteiger partial charge in [0.15, 0.2) is 6.10 Å². The Labute approximate surface area is 134 Å². The van der Waals surface area contributed by atoms with E-state index in [1.165, 1.54) is 12.1 Å². The van der Waals surface area contributed by atoms with Gasteiger partial charge in [-0.3, -0.25) is 4.79 Å². The van der Waals surface area contributed by atoms with Gasteiger partial charge in [-0.2, -0.15) is 0 Å². The van der Waals surface area contributed by atoms with Gasteiger partial charge in [0.05, 0.1) is 0 Å². The molecule has 1 N–H and O–H groups in total. The van der Waals surface area contributed by atoms with Crippen molar-refractivity contribution in [2.45, 2.75) is 26.0 Å². The summed E-state index contributed by atoms with van der Waals surface area (Å²) in [6.07, 6.45) is -0.0687. The van der Waals surface area contributed by atoms with Crippen LogP contribution in [0.25, 0.3) is 0 Å². The van der Waals surface area contributed by atoms with Gasteiger partial charge in [0.2, 0.25) is 0 Å². The number of halogens is 2. The van der Waals surface area contributed by atoms with Crippen LogP contribution in [0.4, 0.5) is 4.39 Å². The Hall–Kier alpha value is -2.07. The van der Waals surface area contributed by atoms with Crippen LogP contribution in [-0.2, 0) is 11.3 Å². The molecule has 116 valence electrons. The standard InChI is InChI=1S/C17H17ClFNO2/c1-2-16(22-15-5-3-4-13(18)10-15)17(21)20-11-12-6-8-14(19)9-7-12/h3-10,16H,2,11H2,1H3,(H,20,21)/t16-/m1/s1. The first-order valence-corrected chi connectivity index (χ1v) is 7.40. The van der Waals surface area contributed by atoms with E-state index in [1.807, 2.05) is 6.92 Å². The summed E-state index contributed by atoms with van der Waals surface area (Å²) in [5.74, 6) is 0.0360. The van der Waals surface area contributed by atoms with E-state index in [2.05, 4.69) is 5.32 Å². The Morgan fingerprint density at radius 3 is 2.64 bits per heavy atom. The first kappa shape index (κ1) is 16.3. The molecule has 5 heteroatoms. The van der Waals surface area contributed by atoms with Crippen molar-refractivity contribution in [1.29, 1.82) is 0 Å². The third kappa shape index (κ3) is 4.74. The summed E-state index contributed by atoms with van der Waals surface area (Å²) < 4.78 is 18.5. The molecular weight excluding hydrogens is 305 g/mol. The van der Waals surface area contributed by atoms with Crippen molar-refractivity contribution < 1.29 is 13.9 Å². The fraction of sp³-hybridized carbons (Fsp3) is 0.235. The van der Waals surface area contributed by atoms with Gasteiger partial charge in [0, 0.05) is 11.6 Å². The van der Waals surface area contributed by atoms with E-state index < -0.39 is 6.10 Å². The number of benzene rings is 2. The molecule has 0 aliphatic heterocycles. The van der Waals surface area contributed by atoms with Gasteiger partial charge in [0.1, 0.15) is 11.6 Å². The van der Waals surface area contributed by atoms with Crippen LogP contribution in [0.3, 0.4) is 0 Å². The van der Waals surface area contributed by atoms with Gasteiger partial charge in [-0.25, -0.2) is 4.39 Å². The third-order valence-corrected chi connectivity index (χ3v) is 3.35. The zero-order chi connectivity index (χ0) is 15.9. The van der Waals surface area contributed by atoms with E-state index in [4.69, 9.17) is 16.3 Å². The summed E-state index contributed by atoms with van der Waals surface area (Å²) in [7, 11) is 0. The first-order valence-electron chi connectivity index (χ1n) is 7.03. The molecule has 0 saturated heterocycles. The Kier molecular flexibility index (Phi) is 5.78. The zero-order valence-corrected chi connectivity index (χ0v) is 12.9. The molecule has 0 unspecified atom stereocenters. The number of amides is 1. The van der Waals surface area contributed by atoms with Crippen LogP contribution in [0.2, 0.25) is 5.02 Å². The number of carbonyl (C=O) groups is 1. The summed E-state index contributed by atoms with van der Waals surface area (Å²) in [6.45, 7) is 2.20. The smallest absolute Gasteiger partial charge is 0.261 e. The molecule has 1 atom stereocenters. The van der Waals surface area contributed by atoms with Crippen LogP contribution in [0.15, 0.2) is 48.5 Å². The molecule has 0 aliphatic rings. The molecule has 0 heterocycles. The molecule has 1 amide bonds. The molecule has 0 spiro atoms. The van der Waals surface area contributed by atoms with E-state index in [9.17, 15) is 9.18 Å². The summed E-state index contributed by atoms with van der Waals surface area (Å²) in [4.78, 5) is 12.2. The first-order chi connectivity index (χ1) is 10.6. The third-order valence-electron chi connectivity index (χ3n) is 3.12. The molecule has 0 radical (unpaired) electrons. The highest BCUT2D eigenvalue weighted by atomic mass is 35.5. The second-order valence-electron chi connectivity index (χ2n) is 4.82. The number of hydrogen-bond donors (Lipinski definition) is 1. The molecule has 22 heavy (non-hydrogen) atoms. The molecule has 0 aliphatic carbocycles. The Balaban J connectivity index is 1.92. The molecule has 3 nitrogen and oxygen atoms in total. The van der Waals surface area contributed by atoms with Gasteiger partial charge in [-0.15, -0.1) is 0 Å². The number of carbonyl (C=O) groups excluding carboxylic acids is 1. The molecule has 0 saturated carbocycles. The van der Waals surface area contributed by atoms with E-state index in [-0.39, 0.29) is 11.7 Å². The lowest BCUT2D eigenvalue weighted by Crippen LogP contribution is -2.37. The average molecular weight is 322 g/mol. The molecule has 0 aromatic heterocycles. The van der Waals surface area contributed by atoms with Gasteiger partial charge in [0.25, 0.3) is 5.91 Å². The lowest BCUT2D eigenvalue weighted by atomic mass is 10.2. The summed E-state index contributed by atoms with van der Waals surface area (Å²) in [5.41, 5.74) is 0.826. The number of ether oxygens (including phenoxy) is 1. The van der Waals surface area contributed by atoms with Crippen LogP contribution in [0.5, 0.6) is 5.75 Å². The lowest BCUT2D eigenvalue weighted by molar-refractivity contribution is -0.128. The minimum absolute atomic E-state index is 0.216. The Bertz CT molecular complexity index is 631. The highest BCUT2D eigenvalue weighted by Crippen LogP contribution is 2.19. The van der Waals surface area contributed by atoms with Crippen molar-refractivity contribution in [2.75, 3.05) is 0 Å². The van der Waals surface area contributed by atoms with Crippen molar-refractivity contribution >= 4 is 17.5 Å². The topological polar surface area (TPSA) is 38.3 Å². The van der Waals surface area contributed by atoms with Gasteiger partial charge in [-0.05, 0) is 42.3 Å². The summed E-state index contributed by atoms with van der Waals surface area (Å²) in [6, 6.07) is 12.9. The van der Waals surface area contributed by atoms with Crippen molar-refractivity contribution in [3.05, 3.63) is 64.9 Å². The van der Waals surface area contributed by atoms with E-state index >= 15 is 0 Å². The second kappa shape index (κ2) is 7.80. The normalized spacial score (nSPS) is 11.8. The maximum atomic E-state index is 12.8. The van der Waals surface area contributed by atoms with Crippen LogP contribution >= 0.6 is 11.6 Å². The molecule has 2 aromatic rings. The van der Waals surface area contributed by atoms with Crippen molar-refractivity contribution in [3.63, 3.8) is 0 Å². The summed E-state index contributed by atoms with van der Waals surface area (Å²) >= 11 is 5.89. The zero-order valence-electron chi connectivity index (χ0n) is 12.2. The Morgan fingerprint density at radius 1 is 1.27 bits per heavy atom.